The van der Waals surface area contributed by atoms with Crippen LogP contribution in [-0.4, -0.2) is 11.9 Å². The van der Waals surface area contributed by atoms with Crippen molar-refractivity contribution in [3.63, 3.8) is 0 Å². The van der Waals surface area contributed by atoms with Gasteiger partial charge < -0.3 is 17.2 Å². The molecule has 0 fully saturated rings. The van der Waals surface area contributed by atoms with E-state index in [9.17, 15) is 0 Å². The lowest BCUT2D eigenvalue weighted by Crippen LogP contribution is -2.26. The monoisotopic (exact) mass is 259 g/mol. The lowest BCUT2D eigenvalue weighted by Gasteiger charge is -2.03. The van der Waals surface area contributed by atoms with Crippen molar-refractivity contribution in [2.75, 3.05) is 0 Å². The fourth-order valence-electron chi connectivity index (χ4n) is 1.01. The van der Waals surface area contributed by atoms with Crippen LogP contribution in [0, 0.1) is 6.92 Å². The van der Waals surface area contributed by atoms with E-state index in [0.717, 1.165) is 5.56 Å². The summed E-state index contributed by atoms with van der Waals surface area (Å²) in [7, 11) is 0. The van der Waals surface area contributed by atoms with Crippen LogP contribution in [0.2, 0.25) is 10.0 Å². The molecule has 0 bridgehead atoms. The van der Waals surface area contributed by atoms with Gasteiger partial charge in [-0.3, -0.25) is 0 Å². The summed E-state index contributed by atoms with van der Waals surface area (Å²) in [6.45, 7) is 1.83. The summed E-state index contributed by atoms with van der Waals surface area (Å²) < 4.78 is 0. The number of halogens is 2. The van der Waals surface area contributed by atoms with Gasteiger partial charge in [0.2, 0.25) is 5.96 Å². The van der Waals surface area contributed by atoms with Crippen molar-refractivity contribution in [3.05, 3.63) is 27.7 Å². The highest BCUT2D eigenvalue weighted by Gasteiger charge is 2.04. The predicted octanol–water partition coefficient (Wildman–Crippen LogP) is 1.52. The summed E-state index contributed by atoms with van der Waals surface area (Å²) in [5.74, 6) is -0.230. The SMILES string of the molecule is Cc1cc(N=C(N)N=C(N)N)c(Cl)cc1Cl. The second kappa shape index (κ2) is 5.05. The van der Waals surface area contributed by atoms with Crippen LogP contribution in [0.4, 0.5) is 5.69 Å². The van der Waals surface area contributed by atoms with Crippen molar-refractivity contribution in [1.29, 1.82) is 0 Å². The van der Waals surface area contributed by atoms with Gasteiger partial charge in [0.25, 0.3) is 0 Å². The smallest absolute Gasteiger partial charge is 0.223 e. The number of hydrogen-bond donors (Lipinski definition) is 3. The Kier molecular flexibility index (Phi) is 3.98. The molecule has 0 amide bonds. The highest BCUT2D eigenvalue weighted by molar-refractivity contribution is 6.36. The number of aryl methyl sites for hydroxylation is 1. The molecular formula is C9H11Cl2N5. The first-order valence-electron chi connectivity index (χ1n) is 4.29. The third-order valence-corrected chi connectivity index (χ3v) is 2.42. The first kappa shape index (κ1) is 12.6. The minimum atomic E-state index is -0.164. The van der Waals surface area contributed by atoms with Gasteiger partial charge >= 0.3 is 0 Å². The van der Waals surface area contributed by atoms with Crippen molar-refractivity contribution in [1.82, 2.24) is 0 Å². The van der Waals surface area contributed by atoms with E-state index >= 15 is 0 Å². The Labute approximate surface area is 103 Å². The van der Waals surface area contributed by atoms with E-state index in [-0.39, 0.29) is 11.9 Å². The number of nitrogens with two attached hydrogens (primary N) is 3. The summed E-state index contributed by atoms with van der Waals surface area (Å²) in [6.07, 6.45) is 0. The van der Waals surface area contributed by atoms with Crippen LogP contribution in [0.3, 0.4) is 0 Å². The van der Waals surface area contributed by atoms with E-state index in [4.69, 9.17) is 40.4 Å². The molecule has 0 spiro atoms. The number of rotatable bonds is 1. The molecule has 0 heterocycles. The second-order valence-electron chi connectivity index (χ2n) is 3.06. The van der Waals surface area contributed by atoms with Gasteiger partial charge in [0.15, 0.2) is 5.96 Å². The maximum Gasteiger partial charge on any atom is 0.223 e. The first-order valence-corrected chi connectivity index (χ1v) is 5.05. The molecule has 0 saturated carbocycles. The molecule has 86 valence electrons. The molecule has 6 N–H and O–H groups in total. The molecular weight excluding hydrogens is 249 g/mol. The maximum atomic E-state index is 5.92. The number of benzene rings is 1. The average Bonchev–Trinajstić information content (AvgIpc) is 2.12. The molecule has 0 aliphatic carbocycles. The second-order valence-corrected chi connectivity index (χ2v) is 3.87. The van der Waals surface area contributed by atoms with Crippen LogP contribution in [0.15, 0.2) is 22.1 Å². The van der Waals surface area contributed by atoms with Crippen LogP contribution in [-0.2, 0) is 0 Å². The molecule has 0 unspecified atom stereocenters. The molecule has 0 saturated heterocycles. The fourth-order valence-corrected chi connectivity index (χ4v) is 1.43. The molecule has 1 aromatic carbocycles. The zero-order valence-corrected chi connectivity index (χ0v) is 10.0. The minimum Gasteiger partial charge on any atom is -0.370 e. The van der Waals surface area contributed by atoms with E-state index in [1.54, 1.807) is 12.1 Å². The maximum absolute atomic E-state index is 5.92. The number of guanidine groups is 2. The first-order chi connectivity index (χ1) is 7.40. The van der Waals surface area contributed by atoms with Gasteiger partial charge in [0.05, 0.1) is 10.7 Å². The van der Waals surface area contributed by atoms with Crippen LogP contribution in [0.25, 0.3) is 0 Å². The number of nitrogens with zero attached hydrogens (tertiary/aromatic N) is 2. The Morgan fingerprint density at radius 3 is 2.31 bits per heavy atom. The largest absolute Gasteiger partial charge is 0.370 e. The highest BCUT2D eigenvalue weighted by atomic mass is 35.5. The van der Waals surface area contributed by atoms with Gasteiger partial charge in [-0.2, -0.15) is 4.99 Å². The molecule has 5 nitrogen and oxygen atoms in total. The summed E-state index contributed by atoms with van der Waals surface area (Å²) in [5.41, 5.74) is 17.1. The van der Waals surface area contributed by atoms with E-state index < -0.39 is 0 Å². The fraction of sp³-hybridized carbons (Fsp3) is 0.111. The Bertz CT molecular complexity index is 463. The van der Waals surface area contributed by atoms with Crippen molar-refractivity contribution >= 4 is 40.8 Å². The Hall–Kier alpha value is -1.46. The topological polar surface area (TPSA) is 103 Å². The van der Waals surface area contributed by atoms with Crippen molar-refractivity contribution in [2.45, 2.75) is 6.92 Å². The Balaban J connectivity index is 3.15. The van der Waals surface area contributed by atoms with Crippen LogP contribution in [0.1, 0.15) is 5.56 Å². The molecule has 7 heteroatoms. The van der Waals surface area contributed by atoms with Gasteiger partial charge in [-0.1, -0.05) is 23.2 Å². The minimum absolute atomic E-state index is 0.0661. The van der Waals surface area contributed by atoms with E-state index in [1.807, 2.05) is 6.92 Å². The summed E-state index contributed by atoms with van der Waals surface area (Å²) in [6, 6.07) is 3.28. The molecule has 16 heavy (non-hydrogen) atoms. The summed E-state index contributed by atoms with van der Waals surface area (Å²) in [5, 5.41) is 0.939. The van der Waals surface area contributed by atoms with Crippen molar-refractivity contribution in [2.24, 2.45) is 27.2 Å². The Morgan fingerprint density at radius 1 is 1.12 bits per heavy atom. The quantitative estimate of drug-likeness (QED) is 0.526. The van der Waals surface area contributed by atoms with E-state index in [1.165, 1.54) is 0 Å². The van der Waals surface area contributed by atoms with Crippen molar-refractivity contribution in [3.8, 4) is 0 Å². The van der Waals surface area contributed by atoms with Gasteiger partial charge in [0, 0.05) is 5.02 Å². The zero-order valence-electron chi connectivity index (χ0n) is 8.54. The van der Waals surface area contributed by atoms with Crippen LogP contribution >= 0.6 is 23.2 Å². The number of hydrogen-bond acceptors (Lipinski definition) is 1. The molecule has 1 aromatic rings. The highest BCUT2D eigenvalue weighted by Crippen LogP contribution is 2.30. The van der Waals surface area contributed by atoms with Gasteiger partial charge in [-0.25, -0.2) is 4.99 Å². The van der Waals surface area contributed by atoms with Gasteiger partial charge in [-0.05, 0) is 24.6 Å². The van der Waals surface area contributed by atoms with E-state index in [2.05, 4.69) is 9.98 Å². The average molecular weight is 260 g/mol. The third-order valence-electron chi connectivity index (χ3n) is 1.71. The lowest BCUT2D eigenvalue weighted by molar-refractivity contribution is 1.36. The molecule has 0 aliphatic rings. The normalized spacial score (nSPS) is 11.3. The Morgan fingerprint density at radius 2 is 1.75 bits per heavy atom. The van der Waals surface area contributed by atoms with Gasteiger partial charge in [-0.15, -0.1) is 0 Å². The van der Waals surface area contributed by atoms with E-state index in [0.29, 0.717) is 15.7 Å². The zero-order chi connectivity index (χ0) is 12.3. The molecule has 0 aliphatic heterocycles. The molecule has 0 atom stereocenters. The number of aliphatic imine (C=N–C) groups is 2. The summed E-state index contributed by atoms with van der Waals surface area (Å²) >= 11 is 11.8. The van der Waals surface area contributed by atoms with Crippen LogP contribution < -0.4 is 17.2 Å². The lowest BCUT2D eigenvalue weighted by atomic mass is 10.2. The summed E-state index contributed by atoms with van der Waals surface area (Å²) in [4.78, 5) is 7.53. The molecule has 1 rings (SSSR count). The van der Waals surface area contributed by atoms with Crippen LogP contribution in [0.5, 0.6) is 0 Å². The third kappa shape index (κ3) is 3.29. The molecule has 0 radical (unpaired) electrons. The molecule has 0 aromatic heterocycles. The predicted molar refractivity (Wildman–Crippen MR) is 68.3 cm³/mol. The van der Waals surface area contributed by atoms with Gasteiger partial charge in [0.1, 0.15) is 0 Å². The standard InChI is InChI=1S/C9H11Cl2N5/c1-4-2-7(6(11)3-5(4)10)15-9(14)16-8(12)13/h2-3H,1H3,(H6,12,13,14,15,16). The van der Waals surface area contributed by atoms with Crippen molar-refractivity contribution < 1.29 is 0 Å².